The number of methoxy groups -OCH3 is 1. The maximum atomic E-state index is 10.6. The molecule has 1 heterocycles. The normalized spacial score (nSPS) is 18.5. The molecule has 0 radical (unpaired) electrons. The Hall–Kier alpha value is -0.210. The zero-order valence-electron chi connectivity index (χ0n) is 12.4. The summed E-state index contributed by atoms with van der Waals surface area (Å²) in [6, 6.07) is 0. The zero-order valence-corrected chi connectivity index (χ0v) is 13.2. The lowest BCUT2D eigenvalue weighted by Gasteiger charge is -2.34. The molecule has 1 aliphatic heterocycles. The molecule has 0 aromatic heterocycles. The number of rotatable bonds is 11. The van der Waals surface area contributed by atoms with Gasteiger partial charge >= 0.3 is 0 Å². The molecule has 1 fully saturated rings. The molecule has 0 saturated carbocycles. The molecular formula is C13H27NO5S. The van der Waals surface area contributed by atoms with Crippen LogP contribution in [0.3, 0.4) is 0 Å². The molecule has 0 bridgehead atoms. The van der Waals surface area contributed by atoms with E-state index in [4.69, 9.17) is 9.47 Å². The van der Waals surface area contributed by atoms with Crippen molar-refractivity contribution in [3.05, 3.63) is 0 Å². The summed E-state index contributed by atoms with van der Waals surface area (Å²) < 4.78 is 43.2. The van der Waals surface area contributed by atoms with E-state index in [1.807, 2.05) is 0 Å². The second-order valence-corrected chi connectivity index (χ2v) is 7.04. The van der Waals surface area contributed by atoms with Crippen LogP contribution in [0.4, 0.5) is 0 Å². The summed E-state index contributed by atoms with van der Waals surface area (Å²) in [6.07, 6.45) is 3.70. The molecule has 1 saturated heterocycles. The van der Waals surface area contributed by atoms with Crippen LogP contribution in [0.1, 0.15) is 25.7 Å². The topological polar surface area (TPSA) is 75.7 Å². The van der Waals surface area contributed by atoms with Gasteiger partial charge in [0.15, 0.2) is 0 Å². The number of hydrogen-bond donors (Lipinski definition) is 0. The average molecular weight is 309 g/mol. The van der Waals surface area contributed by atoms with Crippen LogP contribution >= 0.6 is 0 Å². The van der Waals surface area contributed by atoms with Gasteiger partial charge < -0.3 is 18.5 Å². The van der Waals surface area contributed by atoms with Crippen molar-refractivity contribution in [2.75, 3.05) is 58.9 Å². The van der Waals surface area contributed by atoms with Gasteiger partial charge in [-0.1, -0.05) is 0 Å². The number of ether oxygens (including phenoxy) is 2. The highest BCUT2D eigenvalue weighted by Gasteiger charge is 2.30. The molecule has 7 heteroatoms. The van der Waals surface area contributed by atoms with Crippen LogP contribution in [-0.4, -0.2) is 76.3 Å². The molecule has 0 spiro atoms. The van der Waals surface area contributed by atoms with Gasteiger partial charge in [-0.2, -0.15) is 0 Å². The number of likely N-dealkylation sites (tertiary alicyclic amines) is 1. The number of nitrogens with zero attached hydrogens (tertiary/aromatic N) is 1. The minimum atomic E-state index is -4.06. The molecule has 1 aliphatic rings. The van der Waals surface area contributed by atoms with Crippen LogP contribution in [0, 0.1) is 0 Å². The second kappa shape index (κ2) is 8.94. The summed E-state index contributed by atoms with van der Waals surface area (Å²) in [5.74, 6) is -0.239. The number of hydrogen-bond acceptors (Lipinski definition) is 5. The largest absolute Gasteiger partial charge is 0.748 e. The summed E-state index contributed by atoms with van der Waals surface area (Å²) in [4.78, 5) is 0. The molecule has 0 unspecified atom stereocenters. The summed E-state index contributed by atoms with van der Waals surface area (Å²) in [7, 11) is -2.41. The Morgan fingerprint density at radius 2 is 1.75 bits per heavy atom. The Bertz CT molecular complexity index is 352. The van der Waals surface area contributed by atoms with Crippen molar-refractivity contribution in [3.63, 3.8) is 0 Å². The van der Waals surface area contributed by atoms with Crippen LogP contribution in [0.15, 0.2) is 0 Å². The van der Waals surface area contributed by atoms with Crippen LogP contribution in [0.25, 0.3) is 0 Å². The minimum absolute atomic E-state index is 0.239. The van der Waals surface area contributed by atoms with Crippen molar-refractivity contribution in [1.29, 1.82) is 0 Å². The van der Waals surface area contributed by atoms with E-state index in [0.717, 1.165) is 37.1 Å². The third-order valence-electron chi connectivity index (χ3n) is 3.93. The van der Waals surface area contributed by atoms with E-state index in [9.17, 15) is 13.0 Å². The fourth-order valence-corrected chi connectivity index (χ4v) is 3.35. The van der Waals surface area contributed by atoms with Gasteiger partial charge in [-0.25, -0.2) is 8.42 Å². The molecule has 0 amide bonds. The van der Waals surface area contributed by atoms with Crippen LogP contribution < -0.4 is 0 Å². The molecule has 0 aromatic carbocycles. The van der Waals surface area contributed by atoms with Crippen LogP contribution in [-0.2, 0) is 19.6 Å². The highest BCUT2D eigenvalue weighted by Crippen LogP contribution is 2.20. The minimum Gasteiger partial charge on any atom is -0.748 e. The summed E-state index contributed by atoms with van der Waals surface area (Å²) in [5.41, 5.74) is 0. The van der Waals surface area contributed by atoms with Gasteiger partial charge in [0.1, 0.15) is 6.54 Å². The SMILES string of the molecule is COCCOCC[N+]1(CCCCS(=O)(=O)[O-])CCCC1. The predicted molar refractivity (Wildman–Crippen MR) is 75.5 cm³/mol. The first-order chi connectivity index (χ1) is 9.47. The van der Waals surface area contributed by atoms with Crippen molar-refractivity contribution < 1.29 is 26.9 Å². The third-order valence-corrected chi connectivity index (χ3v) is 4.72. The zero-order chi connectivity index (χ0) is 14.9. The molecule has 0 aliphatic carbocycles. The quantitative estimate of drug-likeness (QED) is 0.317. The van der Waals surface area contributed by atoms with Gasteiger partial charge in [-0.3, -0.25) is 0 Å². The third kappa shape index (κ3) is 7.54. The van der Waals surface area contributed by atoms with Crippen LogP contribution in [0.5, 0.6) is 0 Å². The van der Waals surface area contributed by atoms with Gasteiger partial charge in [-0.05, 0) is 12.8 Å². The van der Waals surface area contributed by atoms with Crippen molar-refractivity contribution >= 4 is 10.1 Å². The monoisotopic (exact) mass is 309 g/mol. The molecule has 1 rings (SSSR count). The van der Waals surface area contributed by atoms with E-state index in [2.05, 4.69) is 0 Å². The smallest absolute Gasteiger partial charge is 0.102 e. The van der Waals surface area contributed by atoms with Crippen LogP contribution in [0.2, 0.25) is 0 Å². The van der Waals surface area contributed by atoms with Gasteiger partial charge in [0.2, 0.25) is 0 Å². The van der Waals surface area contributed by atoms with E-state index in [-0.39, 0.29) is 5.75 Å². The standard InChI is InChI=1S/C13H27NO5S/c1-18-11-12-19-10-9-14(6-2-3-7-14)8-4-5-13-20(15,16)17/h2-13H2,1H3. The lowest BCUT2D eigenvalue weighted by molar-refractivity contribution is -0.917. The molecule has 0 aromatic rings. The lowest BCUT2D eigenvalue weighted by atomic mass is 10.2. The van der Waals surface area contributed by atoms with Crippen molar-refractivity contribution in [3.8, 4) is 0 Å². The maximum absolute atomic E-state index is 10.6. The highest BCUT2D eigenvalue weighted by atomic mass is 32.2. The van der Waals surface area contributed by atoms with E-state index in [1.165, 1.54) is 12.8 Å². The first-order valence-corrected chi connectivity index (χ1v) is 8.91. The molecule has 20 heavy (non-hydrogen) atoms. The Kier molecular flexibility index (Phi) is 7.98. The Balaban J connectivity index is 2.24. The summed E-state index contributed by atoms with van der Waals surface area (Å²) in [6.45, 7) is 6.13. The van der Waals surface area contributed by atoms with E-state index >= 15 is 0 Å². The van der Waals surface area contributed by atoms with Gasteiger partial charge in [0.05, 0.1) is 49.6 Å². The summed E-state index contributed by atoms with van der Waals surface area (Å²) >= 11 is 0. The first kappa shape index (κ1) is 17.8. The Morgan fingerprint density at radius 3 is 2.35 bits per heavy atom. The molecule has 6 nitrogen and oxygen atoms in total. The maximum Gasteiger partial charge on any atom is 0.102 e. The number of quaternary nitrogens is 1. The van der Waals surface area contributed by atoms with Crippen molar-refractivity contribution in [2.45, 2.75) is 25.7 Å². The first-order valence-electron chi connectivity index (χ1n) is 7.33. The van der Waals surface area contributed by atoms with Crippen molar-refractivity contribution in [2.24, 2.45) is 0 Å². The number of unbranched alkanes of at least 4 members (excludes halogenated alkanes) is 1. The Labute approximate surface area is 122 Å². The predicted octanol–water partition coefficient (Wildman–Crippen LogP) is 0.585. The van der Waals surface area contributed by atoms with E-state index in [1.54, 1.807) is 7.11 Å². The van der Waals surface area contributed by atoms with Gasteiger partial charge in [0.25, 0.3) is 0 Å². The highest BCUT2D eigenvalue weighted by molar-refractivity contribution is 7.85. The molecular weight excluding hydrogens is 282 g/mol. The van der Waals surface area contributed by atoms with E-state index < -0.39 is 10.1 Å². The van der Waals surface area contributed by atoms with E-state index in [0.29, 0.717) is 26.2 Å². The molecule has 120 valence electrons. The fraction of sp³-hybridized carbons (Fsp3) is 1.00. The lowest BCUT2D eigenvalue weighted by Crippen LogP contribution is -2.48. The Morgan fingerprint density at radius 1 is 1.05 bits per heavy atom. The molecule has 0 N–H and O–H groups in total. The summed E-state index contributed by atoms with van der Waals surface area (Å²) in [5, 5.41) is 0. The van der Waals surface area contributed by atoms with Crippen molar-refractivity contribution in [1.82, 2.24) is 0 Å². The average Bonchev–Trinajstić information content (AvgIpc) is 2.83. The second-order valence-electron chi connectivity index (χ2n) is 5.52. The van der Waals surface area contributed by atoms with Gasteiger partial charge in [0, 0.05) is 25.7 Å². The molecule has 0 atom stereocenters. The van der Waals surface area contributed by atoms with Gasteiger partial charge in [-0.15, -0.1) is 0 Å². The fourth-order valence-electron chi connectivity index (χ4n) is 2.79.